The van der Waals surface area contributed by atoms with E-state index in [9.17, 15) is 19.2 Å². The number of fused-ring (bicyclic) bond motifs is 2. The van der Waals surface area contributed by atoms with Crippen molar-refractivity contribution in [3.05, 3.63) is 23.3 Å². The van der Waals surface area contributed by atoms with Gasteiger partial charge in [0, 0.05) is 23.0 Å². The number of carbonyl (C=O) groups excluding carboxylic acids is 4. The number of hydrogen-bond donors (Lipinski definition) is 0. The highest BCUT2D eigenvalue weighted by Crippen LogP contribution is 2.79. The summed E-state index contributed by atoms with van der Waals surface area (Å²) in [6.45, 7) is 0. The normalized spacial score (nSPS) is 34.1. The molecule has 3 rings (SSSR count). The van der Waals surface area contributed by atoms with Crippen LogP contribution in [0, 0.1) is 22.7 Å². The minimum absolute atomic E-state index is 0.143. The Labute approximate surface area is 143 Å². The minimum atomic E-state index is -1.38. The molecule has 1 saturated carbocycles. The molecule has 0 heterocycles. The number of carbonyl (C=O) groups is 4. The zero-order chi connectivity index (χ0) is 18.6. The first kappa shape index (κ1) is 17.2. The largest absolute Gasteiger partial charge is 0.468 e. The van der Waals surface area contributed by atoms with E-state index in [0.29, 0.717) is 0 Å². The maximum absolute atomic E-state index is 12.6. The monoisotopic (exact) mass is 350 g/mol. The third-order valence-electron chi connectivity index (χ3n) is 5.58. The number of methoxy groups -OCH3 is 4. The topological polar surface area (TPSA) is 105 Å². The zero-order valence-corrected chi connectivity index (χ0v) is 14.3. The van der Waals surface area contributed by atoms with Gasteiger partial charge in [-0.1, -0.05) is 12.2 Å². The molecule has 0 saturated heterocycles. The molecular formula is C17H18O8. The Morgan fingerprint density at radius 2 is 1.20 bits per heavy atom. The molecule has 0 amide bonds. The summed E-state index contributed by atoms with van der Waals surface area (Å²) in [5.41, 5.74) is -2.48. The van der Waals surface area contributed by atoms with Crippen molar-refractivity contribution in [2.75, 3.05) is 28.4 Å². The van der Waals surface area contributed by atoms with E-state index in [1.165, 1.54) is 40.6 Å². The van der Waals surface area contributed by atoms with Crippen molar-refractivity contribution in [3.63, 3.8) is 0 Å². The van der Waals surface area contributed by atoms with Crippen LogP contribution in [0.15, 0.2) is 23.3 Å². The summed E-state index contributed by atoms with van der Waals surface area (Å²) in [5.74, 6) is -3.73. The van der Waals surface area contributed by atoms with Gasteiger partial charge in [-0.15, -0.1) is 0 Å². The summed E-state index contributed by atoms with van der Waals surface area (Å²) in [6.07, 6.45) is 3.06. The molecule has 134 valence electrons. The van der Waals surface area contributed by atoms with Gasteiger partial charge in [0.1, 0.15) is 10.8 Å². The zero-order valence-electron chi connectivity index (χ0n) is 14.3. The van der Waals surface area contributed by atoms with Crippen LogP contribution in [0.1, 0.15) is 6.42 Å². The van der Waals surface area contributed by atoms with E-state index in [1.54, 1.807) is 0 Å². The molecule has 25 heavy (non-hydrogen) atoms. The molecule has 3 aliphatic rings. The predicted molar refractivity (Wildman–Crippen MR) is 80.7 cm³/mol. The molecule has 0 radical (unpaired) electrons. The maximum atomic E-state index is 12.6. The number of ether oxygens (including phenoxy) is 4. The van der Waals surface area contributed by atoms with E-state index in [-0.39, 0.29) is 17.6 Å². The second-order valence-electron chi connectivity index (χ2n) is 6.24. The molecule has 0 aromatic heterocycles. The molecule has 1 fully saturated rings. The second kappa shape index (κ2) is 5.44. The SMILES string of the molecule is COC(=O)C1=C[C@]2(C(=O)OC)C3CC1C(C(=O)OC)=C[C@@]32C(=O)OC. The Hall–Kier alpha value is -2.64. The summed E-state index contributed by atoms with van der Waals surface area (Å²) >= 11 is 0. The number of rotatable bonds is 4. The molecule has 0 N–H and O–H groups in total. The Balaban J connectivity index is 2.28. The molecule has 0 aromatic rings. The lowest BCUT2D eigenvalue weighted by molar-refractivity contribution is -0.153. The minimum Gasteiger partial charge on any atom is -0.468 e. The molecule has 8 nitrogen and oxygen atoms in total. The van der Waals surface area contributed by atoms with Crippen molar-refractivity contribution in [2.24, 2.45) is 22.7 Å². The fraction of sp³-hybridized carbons (Fsp3) is 0.529. The van der Waals surface area contributed by atoms with Gasteiger partial charge in [0.05, 0.1) is 28.4 Å². The highest BCUT2D eigenvalue weighted by Gasteiger charge is 2.86. The van der Waals surface area contributed by atoms with Crippen LogP contribution >= 0.6 is 0 Å². The Kier molecular flexibility index (Phi) is 3.74. The standard InChI is InChI=1S/C17H18O8/c1-22-12(18)9-6-16(14(20)24-3)11-5-8(9)10(13(19)23-2)7-17(11,16)15(21)25-4/h6-8,11H,5H2,1-4H3/t8?,11?,16-,17+. The van der Waals surface area contributed by atoms with E-state index in [4.69, 9.17) is 18.9 Å². The second-order valence-corrected chi connectivity index (χ2v) is 6.24. The van der Waals surface area contributed by atoms with E-state index < -0.39 is 46.5 Å². The van der Waals surface area contributed by atoms with E-state index in [2.05, 4.69) is 0 Å². The Bertz CT molecular complexity index is 688. The van der Waals surface area contributed by atoms with Crippen molar-refractivity contribution in [3.8, 4) is 0 Å². The van der Waals surface area contributed by atoms with Crippen molar-refractivity contribution in [2.45, 2.75) is 6.42 Å². The molecule has 3 aliphatic carbocycles. The molecule has 0 aromatic carbocycles. The smallest absolute Gasteiger partial charge is 0.334 e. The first-order valence-electron chi connectivity index (χ1n) is 7.64. The van der Waals surface area contributed by atoms with Crippen molar-refractivity contribution in [1.82, 2.24) is 0 Å². The molecule has 2 unspecified atom stereocenters. The average molecular weight is 350 g/mol. The molecule has 8 heteroatoms. The van der Waals surface area contributed by atoms with Crippen molar-refractivity contribution in [1.29, 1.82) is 0 Å². The first-order valence-corrected chi connectivity index (χ1v) is 7.64. The molecular weight excluding hydrogens is 332 g/mol. The average Bonchev–Trinajstić information content (AvgIpc) is 3.30. The van der Waals surface area contributed by atoms with Crippen LogP contribution in [0.3, 0.4) is 0 Å². The fourth-order valence-corrected chi connectivity index (χ4v) is 4.48. The summed E-state index contributed by atoms with van der Waals surface area (Å²) in [6, 6.07) is 0. The van der Waals surface area contributed by atoms with Crippen LogP contribution in [0.2, 0.25) is 0 Å². The number of hydrogen-bond acceptors (Lipinski definition) is 8. The van der Waals surface area contributed by atoms with Gasteiger partial charge in [0.25, 0.3) is 0 Å². The van der Waals surface area contributed by atoms with Crippen LogP contribution in [-0.4, -0.2) is 52.3 Å². The highest BCUT2D eigenvalue weighted by atomic mass is 16.5. The molecule has 2 bridgehead atoms. The van der Waals surface area contributed by atoms with Crippen LogP contribution in [0.4, 0.5) is 0 Å². The lowest BCUT2D eigenvalue weighted by atomic mass is 9.77. The highest BCUT2D eigenvalue weighted by molar-refractivity contribution is 6.06. The van der Waals surface area contributed by atoms with Gasteiger partial charge >= 0.3 is 23.9 Å². The molecule has 0 aliphatic heterocycles. The van der Waals surface area contributed by atoms with Gasteiger partial charge in [-0.25, -0.2) is 9.59 Å². The summed E-state index contributed by atoms with van der Waals surface area (Å²) < 4.78 is 19.4. The van der Waals surface area contributed by atoms with Crippen LogP contribution < -0.4 is 0 Å². The maximum Gasteiger partial charge on any atom is 0.334 e. The fourth-order valence-electron chi connectivity index (χ4n) is 4.48. The van der Waals surface area contributed by atoms with Gasteiger partial charge in [0.15, 0.2) is 0 Å². The van der Waals surface area contributed by atoms with E-state index in [1.807, 2.05) is 0 Å². The lowest BCUT2D eigenvalue weighted by Crippen LogP contribution is -2.29. The Morgan fingerprint density at radius 3 is 1.52 bits per heavy atom. The predicted octanol–water partition coefficient (Wildman–Crippen LogP) is 0.167. The van der Waals surface area contributed by atoms with Gasteiger partial charge in [-0.2, -0.15) is 0 Å². The van der Waals surface area contributed by atoms with Gasteiger partial charge in [0.2, 0.25) is 0 Å². The van der Waals surface area contributed by atoms with Crippen molar-refractivity contribution < 1.29 is 38.1 Å². The summed E-state index contributed by atoms with van der Waals surface area (Å²) in [5, 5.41) is 0. The van der Waals surface area contributed by atoms with Crippen molar-refractivity contribution >= 4 is 23.9 Å². The summed E-state index contributed by atoms with van der Waals surface area (Å²) in [4.78, 5) is 49.6. The lowest BCUT2D eigenvalue weighted by Gasteiger charge is -2.27. The van der Waals surface area contributed by atoms with Crippen LogP contribution in [0.25, 0.3) is 0 Å². The van der Waals surface area contributed by atoms with Gasteiger partial charge < -0.3 is 18.9 Å². The van der Waals surface area contributed by atoms with Crippen LogP contribution in [0.5, 0.6) is 0 Å². The van der Waals surface area contributed by atoms with Gasteiger partial charge in [-0.3, -0.25) is 9.59 Å². The van der Waals surface area contributed by atoms with Gasteiger partial charge in [-0.05, 0) is 6.42 Å². The third-order valence-corrected chi connectivity index (χ3v) is 5.58. The molecule has 4 atom stereocenters. The summed E-state index contributed by atoms with van der Waals surface area (Å²) in [7, 11) is 4.82. The quantitative estimate of drug-likeness (QED) is 0.522. The Morgan fingerprint density at radius 1 is 0.800 bits per heavy atom. The molecule has 0 spiro atoms. The van der Waals surface area contributed by atoms with Crippen LogP contribution in [-0.2, 0) is 38.1 Å². The third kappa shape index (κ3) is 1.82. The number of esters is 4. The first-order chi connectivity index (χ1) is 11.8. The van der Waals surface area contributed by atoms with E-state index >= 15 is 0 Å². The van der Waals surface area contributed by atoms with E-state index in [0.717, 1.165) is 0 Å².